The van der Waals surface area contributed by atoms with Gasteiger partial charge >= 0.3 is 0 Å². The highest BCUT2D eigenvalue weighted by molar-refractivity contribution is 5.97. The zero-order valence-electron chi connectivity index (χ0n) is 13.7. The van der Waals surface area contributed by atoms with Crippen LogP contribution in [-0.2, 0) is 10.2 Å². The summed E-state index contributed by atoms with van der Waals surface area (Å²) in [7, 11) is 1.79. The number of tetrazole rings is 1. The fourth-order valence-corrected chi connectivity index (χ4v) is 2.76. The van der Waals surface area contributed by atoms with E-state index in [1.165, 1.54) is 6.20 Å². The minimum absolute atomic E-state index is 0.108. The highest BCUT2D eigenvalue weighted by atomic mass is 16.2. The average Bonchev–Trinajstić information content (AvgIpc) is 3.07. The van der Waals surface area contributed by atoms with Crippen LogP contribution in [-0.4, -0.2) is 33.6 Å². The Hall–Kier alpha value is -3.21. The van der Waals surface area contributed by atoms with Crippen LogP contribution in [0.4, 0.5) is 11.4 Å². The lowest BCUT2D eigenvalue weighted by Crippen LogP contribution is -2.39. The van der Waals surface area contributed by atoms with E-state index in [2.05, 4.69) is 39.8 Å². The van der Waals surface area contributed by atoms with Crippen molar-refractivity contribution in [1.29, 1.82) is 5.26 Å². The SMILES string of the molecule is CN1C(=O)CC(C)(C)c2cc(NC=C(C#N)c3nn[nH]n3)ccc21. The van der Waals surface area contributed by atoms with Crippen molar-refractivity contribution < 1.29 is 4.79 Å². The van der Waals surface area contributed by atoms with Gasteiger partial charge in [0.1, 0.15) is 11.6 Å². The summed E-state index contributed by atoms with van der Waals surface area (Å²) in [5, 5.41) is 25.6. The molecule has 8 heteroatoms. The lowest BCUT2D eigenvalue weighted by molar-refractivity contribution is -0.119. The number of hydrogen-bond acceptors (Lipinski definition) is 6. The number of anilines is 2. The number of allylic oxidation sites excluding steroid dienone is 1. The summed E-state index contributed by atoms with van der Waals surface area (Å²) in [6, 6.07) is 7.80. The molecule has 24 heavy (non-hydrogen) atoms. The molecular weight excluding hydrogens is 306 g/mol. The molecule has 0 fully saturated rings. The number of hydrogen-bond donors (Lipinski definition) is 2. The zero-order chi connectivity index (χ0) is 17.3. The Kier molecular flexibility index (Phi) is 3.77. The van der Waals surface area contributed by atoms with E-state index in [1.807, 2.05) is 24.3 Å². The number of H-pyrrole nitrogens is 1. The van der Waals surface area contributed by atoms with Gasteiger partial charge in [0.15, 0.2) is 0 Å². The Balaban J connectivity index is 1.92. The van der Waals surface area contributed by atoms with Crippen molar-refractivity contribution in [2.45, 2.75) is 25.7 Å². The van der Waals surface area contributed by atoms with Crippen LogP contribution in [0.1, 0.15) is 31.7 Å². The summed E-state index contributed by atoms with van der Waals surface area (Å²) < 4.78 is 0. The van der Waals surface area contributed by atoms with Crippen molar-refractivity contribution in [2.75, 3.05) is 17.3 Å². The second kappa shape index (κ2) is 5.77. The predicted octanol–water partition coefficient (Wildman–Crippen LogP) is 1.82. The fraction of sp³-hybridized carbons (Fsp3) is 0.312. The van der Waals surface area contributed by atoms with Crippen molar-refractivity contribution in [1.82, 2.24) is 20.6 Å². The van der Waals surface area contributed by atoms with Gasteiger partial charge in [0, 0.05) is 36.5 Å². The summed E-state index contributed by atoms with van der Waals surface area (Å²) in [5.41, 5.74) is 2.84. The van der Waals surface area contributed by atoms with Crippen LogP contribution in [0, 0.1) is 11.3 Å². The minimum Gasteiger partial charge on any atom is -0.360 e. The molecule has 1 aromatic heterocycles. The van der Waals surface area contributed by atoms with Gasteiger partial charge in [-0.05, 0) is 29.0 Å². The third kappa shape index (κ3) is 2.72. The smallest absolute Gasteiger partial charge is 0.227 e. The van der Waals surface area contributed by atoms with Gasteiger partial charge in [-0.15, -0.1) is 10.2 Å². The lowest BCUT2D eigenvalue weighted by Gasteiger charge is -2.37. The van der Waals surface area contributed by atoms with E-state index in [0.29, 0.717) is 6.42 Å². The third-order valence-corrected chi connectivity index (χ3v) is 4.14. The largest absolute Gasteiger partial charge is 0.360 e. The second-order valence-corrected chi connectivity index (χ2v) is 6.29. The number of aromatic amines is 1. The van der Waals surface area contributed by atoms with E-state index >= 15 is 0 Å². The first-order valence-electron chi connectivity index (χ1n) is 7.44. The van der Waals surface area contributed by atoms with Gasteiger partial charge in [0.05, 0.1) is 0 Å². The quantitative estimate of drug-likeness (QED) is 0.834. The molecule has 0 saturated heterocycles. The molecule has 0 spiro atoms. The first kappa shape index (κ1) is 15.7. The van der Waals surface area contributed by atoms with Crippen molar-refractivity contribution in [3.8, 4) is 6.07 Å². The molecule has 0 aliphatic carbocycles. The standard InChI is InChI=1S/C16H17N7O/c1-16(2)7-14(24)23(3)13-5-4-11(6-12(13)16)18-9-10(8-17)15-19-21-22-20-15/h4-6,9,18H,7H2,1-3H3,(H,19,20,21,22). The number of carbonyl (C=O) groups excluding carboxylic acids is 1. The van der Waals surface area contributed by atoms with Gasteiger partial charge in [0.2, 0.25) is 11.7 Å². The molecule has 1 aliphatic rings. The fourth-order valence-electron chi connectivity index (χ4n) is 2.76. The molecule has 1 amide bonds. The van der Waals surface area contributed by atoms with Crippen LogP contribution in [0.3, 0.4) is 0 Å². The number of benzene rings is 1. The summed E-state index contributed by atoms with van der Waals surface area (Å²) in [4.78, 5) is 13.8. The minimum atomic E-state index is -0.244. The van der Waals surface area contributed by atoms with E-state index in [1.54, 1.807) is 11.9 Å². The molecule has 0 atom stereocenters. The van der Waals surface area contributed by atoms with E-state index in [0.717, 1.165) is 16.9 Å². The molecule has 0 unspecified atom stereocenters. The number of carbonyl (C=O) groups is 1. The van der Waals surface area contributed by atoms with Crippen LogP contribution >= 0.6 is 0 Å². The molecule has 2 heterocycles. The summed E-state index contributed by atoms with van der Waals surface area (Å²) >= 11 is 0. The van der Waals surface area contributed by atoms with Gasteiger partial charge in [-0.25, -0.2) is 0 Å². The number of nitrogens with zero attached hydrogens (tertiary/aromatic N) is 5. The first-order valence-corrected chi connectivity index (χ1v) is 7.44. The number of nitriles is 1. The van der Waals surface area contributed by atoms with Crippen LogP contribution in [0.15, 0.2) is 24.4 Å². The van der Waals surface area contributed by atoms with Gasteiger partial charge in [-0.1, -0.05) is 13.8 Å². The monoisotopic (exact) mass is 323 g/mol. The molecule has 0 radical (unpaired) electrons. The predicted molar refractivity (Wildman–Crippen MR) is 88.9 cm³/mol. The Morgan fingerprint density at radius 2 is 2.29 bits per heavy atom. The maximum atomic E-state index is 12.1. The van der Waals surface area contributed by atoms with E-state index in [-0.39, 0.29) is 22.7 Å². The van der Waals surface area contributed by atoms with Gasteiger partial charge in [-0.3, -0.25) is 4.79 Å². The van der Waals surface area contributed by atoms with Crippen LogP contribution < -0.4 is 10.2 Å². The molecule has 8 nitrogen and oxygen atoms in total. The number of nitrogens with one attached hydrogen (secondary N) is 2. The third-order valence-electron chi connectivity index (χ3n) is 4.14. The van der Waals surface area contributed by atoms with E-state index in [4.69, 9.17) is 0 Å². The summed E-state index contributed by atoms with van der Waals surface area (Å²) in [6.07, 6.45) is 2.00. The molecule has 0 saturated carbocycles. The van der Waals surface area contributed by atoms with Crippen LogP contribution in [0.2, 0.25) is 0 Å². The van der Waals surface area contributed by atoms with Crippen LogP contribution in [0.5, 0.6) is 0 Å². The molecule has 0 bridgehead atoms. The molecule has 2 N–H and O–H groups in total. The number of aromatic nitrogens is 4. The van der Waals surface area contributed by atoms with E-state index in [9.17, 15) is 10.1 Å². The van der Waals surface area contributed by atoms with Crippen molar-refractivity contribution in [2.24, 2.45) is 0 Å². The maximum Gasteiger partial charge on any atom is 0.227 e. The molecule has 1 aromatic carbocycles. The van der Waals surface area contributed by atoms with Gasteiger partial charge in [0.25, 0.3) is 0 Å². The summed E-state index contributed by atoms with van der Waals surface area (Å²) in [6.45, 7) is 4.10. The van der Waals surface area contributed by atoms with Crippen molar-refractivity contribution in [3.05, 3.63) is 35.8 Å². The Bertz CT molecular complexity index is 846. The maximum absolute atomic E-state index is 12.1. The van der Waals surface area contributed by atoms with Crippen molar-refractivity contribution in [3.63, 3.8) is 0 Å². The van der Waals surface area contributed by atoms with E-state index < -0.39 is 0 Å². The van der Waals surface area contributed by atoms with Gasteiger partial charge < -0.3 is 10.2 Å². The van der Waals surface area contributed by atoms with Gasteiger partial charge in [-0.2, -0.15) is 10.5 Å². The number of fused-ring (bicyclic) bond motifs is 1. The first-order chi connectivity index (χ1) is 11.4. The highest BCUT2D eigenvalue weighted by Crippen LogP contribution is 2.40. The molecule has 2 aromatic rings. The highest BCUT2D eigenvalue weighted by Gasteiger charge is 2.35. The normalized spacial score (nSPS) is 16.5. The molecule has 1 aliphatic heterocycles. The van der Waals surface area contributed by atoms with Crippen molar-refractivity contribution >= 4 is 22.9 Å². The number of amides is 1. The molecule has 122 valence electrons. The Morgan fingerprint density at radius 1 is 1.50 bits per heavy atom. The zero-order valence-corrected chi connectivity index (χ0v) is 13.7. The molecule has 3 rings (SSSR count). The lowest BCUT2D eigenvalue weighted by atomic mass is 9.77. The van der Waals surface area contributed by atoms with Crippen LogP contribution in [0.25, 0.3) is 5.57 Å². The molecular formula is C16H17N7O. The average molecular weight is 323 g/mol. The number of rotatable bonds is 3. The Labute approximate surface area is 139 Å². The second-order valence-electron chi connectivity index (χ2n) is 6.29. The topological polar surface area (TPSA) is 111 Å². The summed E-state index contributed by atoms with van der Waals surface area (Å²) in [5.74, 6) is 0.339. The Morgan fingerprint density at radius 3 is 2.96 bits per heavy atom.